The van der Waals surface area contributed by atoms with Gasteiger partial charge in [-0.05, 0) is 49.9 Å². The molecule has 2 aliphatic rings. The number of amides is 1. The molecule has 1 N–H and O–H groups in total. The number of hydrogen-bond donors (Lipinski definition) is 1. The molecule has 2 unspecified atom stereocenters. The number of aryl methyl sites for hydroxylation is 1. The summed E-state index contributed by atoms with van der Waals surface area (Å²) >= 11 is 1.32. The number of carbonyl (C=O) groups excluding carboxylic acids is 2. The predicted molar refractivity (Wildman–Crippen MR) is 107 cm³/mol. The van der Waals surface area contributed by atoms with Crippen molar-refractivity contribution in [3.8, 4) is 17.0 Å². The Morgan fingerprint density at radius 1 is 1.32 bits per heavy atom. The second kappa shape index (κ2) is 7.75. The lowest BCUT2D eigenvalue weighted by molar-refractivity contribution is -0.129. The molecule has 1 saturated carbocycles. The third kappa shape index (κ3) is 3.54. The molecular formula is C21H22N2O4S. The van der Waals surface area contributed by atoms with Gasteiger partial charge < -0.3 is 9.47 Å². The second-order valence-corrected chi connectivity index (χ2v) is 8.00. The maximum absolute atomic E-state index is 12.7. The molecule has 1 amide bonds. The lowest BCUT2D eigenvalue weighted by atomic mass is 9.80. The van der Waals surface area contributed by atoms with E-state index in [2.05, 4.69) is 10.3 Å². The molecule has 1 aromatic heterocycles. The van der Waals surface area contributed by atoms with Crippen LogP contribution in [0.1, 0.15) is 31.2 Å². The maximum Gasteiger partial charge on any atom is 0.264 e. The Kier molecular flexibility index (Phi) is 5.17. The fourth-order valence-corrected chi connectivity index (χ4v) is 4.52. The topological polar surface area (TPSA) is 77.5 Å². The monoisotopic (exact) mass is 398 g/mol. The Morgan fingerprint density at radius 2 is 2.14 bits per heavy atom. The first-order valence-electron chi connectivity index (χ1n) is 9.38. The van der Waals surface area contributed by atoms with Gasteiger partial charge in [-0.25, -0.2) is 4.98 Å². The van der Waals surface area contributed by atoms with Crippen LogP contribution in [0.4, 0.5) is 5.13 Å². The van der Waals surface area contributed by atoms with Gasteiger partial charge in [0, 0.05) is 10.9 Å². The number of Topliss-reactive ketones (excluding diaryl/α,β-unsaturated/α-hetero) is 1. The molecule has 2 atom stereocenters. The average molecular weight is 398 g/mol. The van der Waals surface area contributed by atoms with Gasteiger partial charge in [-0.2, -0.15) is 0 Å². The van der Waals surface area contributed by atoms with Crippen molar-refractivity contribution in [2.24, 2.45) is 5.92 Å². The highest BCUT2D eigenvalue weighted by atomic mass is 32.1. The van der Waals surface area contributed by atoms with Crippen LogP contribution in [-0.4, -0.2) is 29.9 Å². The maximum atomic E-state index is 12.7. The van der Waals surface area contributed by atoms with Gasteiger partial charge >= 0.3 is 0 Å². The van der Waals surface area contributed by atoms with Gasteiger partial charge in [-0.1, -0.05) is 6.42 Å². The van der Waals surface area contributed by atoms with Crippen LogP contribution in [0.15, 0.2) is 35.4 Å². The Morgan fingerprint density at radius 3 is 2.93 bits per heavy atom. The van der Waals surface area contributed by atoms with Gasteiger partial charge in [-0.15, -0.1) is 11.3 Å². The van der Waals surface area contributed by atoms with Crippen LogP contribution in [0.2, 0.25) is 0 Å². The Labute approximate surface area is 167 Å². The van der Waals surface area contributed by atoms with Crippen molar-refractivity contribution in [1.29, 1.82) is 0 Å². The summed E-state index contributed by atoms with van der Waals surface area (Å²) in [6.07, 6.45) is 4.97. The highest BCUT2D eigenvalue weighted by Gasteiger charge is 2.39. The van der Waals surface area contributed by atoms with Gasteiger partial charge in [0.25, 0.3) is 5.91 Å². The summed E-state index contributed by atoms with van der Waals surface area (Å²) < 4.78 is 10.9. The highest BCUT2D eigenvalue weighted by Crippen LogP contribution is 2.34. The molecule has 2 heterocycles. The number of ketones is 1. The molecule has 6 nitrogen and oxygen atoms in total. The molecule has 0 spiro atoms. The number of methoxy groups -OCH3 is 1. The Balaban J connectivity index is 1.48. The molecular weight excluding hydrogens is 376 g/mol. The van der Waals surface area contributed by atoms with E-state index in [1.165, 1.54) is 17.6 Å². The highest BCUT2D eigenvalue weighted by molar-refractivity contribution is 7.14. The van der Waals surface area contributed by atoms with E-state index in [0.29, 0.717) is 5.13 Å². The number of aromatic nitrogens is 1. The molecule has 0 bridgehead atoms. The van der Waals surface area contributed by atoms with Gasteiger partial charge in [-0.3, -0.25) is 14.9 Å². The molecule has 4 rings (SSSR count). The van der Waals surface area contributed by atoms with E-state index in [1.807, 2.05) is 30.5 Å². The van der Waals surface area contributed by atoms with Crippen molar-refractivity contribution in [2.75, 3.05) is 12.4 Å². The summed E-state index contributed by atoms with van der Waals surface area (Å²) in [5.41, 5.74) is 2.80. The summed E-state index contributed by atoms with van der Waals surface area (Å²) in [4.78, 5) is 29.8. The molecule has 146 valence electrons. The molecule has 1 aromatic carbocycles. The molecule has 1 aliphatic heterocycles. The largest absolute Gasteiger partial charge is 0.496 e. The quantitative estimate of drug-likeness (QED) is 0.785. The van der Waals surface area contributed by atoms with Gasteiger partial charge in [0.05, 0.1) is 25.0 Å². The van der Waals surface area contributed by atoms with Crippen LogP contribution < -0.4 is 10.1 Å². The second-order valence-electron chi connectivity index (χ2n) is 7.14. The smallest absolute Gasteiger partial charge is 0.264 e. The zero-order chi connectivity index (χ0) is 19.7. The van der Waals surface area contributed by atoms with Crippen molar-refractivity contribution in [3.05, 3.63) is 41.0 Å². The number of anilines is 1. The summed E-state index contributed by atoms with van der Waals surface area (Å²) in [5, 5.41) is 5.07. The number of nitrogens with one attached hydrogen (secondary N) is 1. The van der Waals surface area contributed by atoms with Crippen LogP contribution >= 0.6 is 11.3 Å². The number of rotatable bonds is 4. The van der Waals surface area contributed by atoms with Crippen LogP contribution in [0.3, 0.4) is 0 Å². The van der Waals surface area contributed by atoms with E-state index in [9.17, 15) is 9.59 Å². The standard InChI is InChI=1S/C21H22N2O4S/c1-12-9-13(7-8-17(12)26-2)16-11-28-21(22-16)23-20(25)15-10-27-18-6-4-3-5-14(18)19(15)24/h7-11,14,18H,3-6H2,1-2H3,(H,22,23,25). The lowest BCUT2D eigenvalue weighted by Crippen LogP contribution is -2.39. The minimum atomic E-state index is -0.458. The van der Waals surface area contributed by atoms with Crippen molar-refractivity contribution in [3.63, 3.8) is 0 Å². The fourth-order valence-electron chi connectivity index (χ4n) is 3.80. The molecule has 0 saturated heterocycles. The van der Waals surface area contributed by atoms with E-state index in [1.54, 1.807) is 7.11 Å². The van der Waals surface area contributed by atoms with Crippen molar-refractivity contribution in [1.82, 2.24) is 4.98 Å². The van der Waals surface area contributed by atoms with Gasteiger partial charge in [0.2, 0.25) is 0 Å². The van der Waals surface area contributed by atoms with Gasteiger partial charge in [0.1, 0.15) is 17.4 Å². The first-order chi connectivity index (χ1) is 13.6. The Bertz CT molecular complexity index is 950. The number of benzene rings is 1. The normalized spacial score (nSPS) is 21.4. The molecule has 2 aromatic rings. The molecule has 1 aliphatic carbocycles. The summed E-state index contributed by atoms with van der Waals surface area (Å²) in [5.74, 6) is 0.0433. The van der Waals surface area contributed by atoms with E-state index < -0.39 is 5.91 Å². The SMILES string of the molecule is COc1ccc(-c2csc(NC(=O)C3=COC4CCCCC4C3=O)n2)cc1C. The van der Waals surface area contributed by atoms with Crippen molar-refractivity contribution >= 4 is 28.2 Å². The van der Waals surface area contributed by atoms with Crippen LogP contribution in [0.25, 0.3) is 11.3 Å². The average Bonchev–Trinajstić information content (AvgIpc) is 3.16. The lowest BCUT2D eigenvalue weighted by Gasteiger charge is -2.33. The number of thiazole rings is 1. The summed E-state index contributed by atoms with van der Waals surface area (Å²) in [7, 11) is 1.64. The number of nitrogens with zero attached hydrogens (tertiary/aromatic N) is 1. The molecule has 0 radical (unpaired) electrons. The number of hydrogen-bond acceptors (Lipinski definition) is 6. The minimum absolute atomic E-state index is 0.0809. The Hall–Kier alpha value is -2.67. The van der Waals surface area contributed by atoms with Crippen molar-refractivity contribution in [2.45, 2.75) is 38.7 Å². The third-order valence-corrected chi connectivity index (χ3v) is 6.08. The van der Waals surface area contributed by atoms with E-state index >= 15 is 0 Å². The van der Waals surface area contributed by atoms with E-state index in [-0.39, 0.29) is 23.4 Å². The number of carbonyl (C=O) groups is 2. The van der Waals surface area contributed by atoms with E-state index in [0.717, 1.165) is 48.3 Å². The minimum Gasteiger partial charge on any atom is -0.496 e. The molecule has 1 fully saturated rings. The summed E-state index contributed by atoms with van der Waals surface area (Å²) in [6, 6.07) is 5.81. The summed E-state index contributed by atoms with van der Waals surface area (Å²) in [6.45, 7) is 1.97. The number of fused-ring (bicyclic) bond motifs is 1. The zero-order valence-electron chi connectivity index (χ0n) is 15.9. The fraction of sp³-hybridized carbons (Fsp3) is 0.381. The zero-order valence-corrected chi connectivity index (χ0v) is 16.7. The van der Waals surface area contributed by atoms with Crippen LogP contribution in [0, 0.1) is 12.8 Å². The molecule has 7 heteroatoms. The van der Waals surface area contributed by atoms with Crippen molar-refractivity contribution < 1.29 is 19.1 Å². The first-order valence-corrected chi connectivity index (χ1v) is 10.3. The number of ether oxygens (including phenoxy) is 2. The van der Waals surface area contributed by atoms with E-state index in [4.69, 9.17) is 9.47 Å². The van der Waals surface area contributed by atoms with Gasteiger partial charge in [0.15, 0.2) is 10.9 Å². The predicted octanol–water partition coefficient (Wildman–Crippen LogP) is 4.11. The van der Waals surface area contributed by atoms with Crippen LogP contribution in [0.5, 0.6) is 5.75 Å². The molecule has 28 heavy (non-hydrogen) atoms. The van der Waals surface area contributed by atoms with Crippen LogP contribution in [-0.2, 0) is 14.3 Å². The first kappa shape index (κ1) is 18.7. The third-order valence-electron chi connectivity index (χ3n) is 5.33.